The molecule has 0 saturated carbocycles. The molecule has 0 aliphatic carbocycles. The van der Waals surface area contributed by atoms with E-state index in [4.69, 9.17) is 9.15 Å². The molecule has 0 unspecified atom stereocenters. The van der Waals surface area contributed by atoms with E-state index < -0.39 is 11.5 Å². The largest absolute Gasteiger partial charge is 0.497 e. The third-order valence-corrected chi connectivity index (χ3v) is 4.70. The Labute approximate surface area is 173 Å². The molecule has 3 aromatic carbocycles. The zero-order valence-electron chi connectivity index (χ0n) is 16.3. The molecule has 0 aliphatic rings. The minimum absolute atomic E-state index is 0.0671. The van der Waals surface area contributed by atoms with Crippen LogP contribution in [0.2, 0.25) is 0 Å². The van der Waals surface area contributed by atoms with E-state index in [1.807, 2.05) is 42.5 Å². The summed E-state index contributed by atoms with van der Waals surface area (Å²) in [5.41, 5.74) is 1.81. The molecule has 6 nitrogen and oxygen atoms in total. The van der Waals surface area contributed by atoms with Gasteiger partial charge in [0.1, 0.15) is 11.3 Å². The molecule has 1 aromatic heterocycles. The van der Waals surface area contributed by atoms with Gasteiger partial charge >= 0.3 is 5.63 Å². The first kappa shape index (κ1) is 19.3. The Hall–Kier alpha value is -4.06. The lowest BCUT2D eigenvalue weighted by molar-refractivity contribution is 0.102. The SMILES string of the molecule is COc1cccc(C(=O)Nc2c(NCc3ccccc3)c3ccccc3oc2=O)c1. The monoisotopic (exact) mass is 400 g/mol. The molecule has 150 valence electrons. The number of hydrogen-bond donors (Lipinski definition) is 2. The minimum Gasteiger partial charge on any atom is -0.497 e. The van der Waals surface area contributed by atoms with Crippen LogP contribution >= 0.6 is 0 Å². The number of hydrogen-bond acceptors (Lipinski definition) is 5. The van der Waals surface area contributed by atoms with Gasteiger partial charge in [0.25, 0.3) is 5.91 Å². The first-order chi connectivity index (χ1) is 14.7. The number of ether oxygens (including phenoxy) is 1. The number of anilines is 2. The molecule has 0 spiro atoms. The lowest BCUT2D eigenvalue weighted by atomic mass is 10.1. The summed E-state index contributed by atoms with van der Waals surface area (Å²) >= 11 is 0. The Morgan fingerprint density at radius 3 is 2.50 bits per heavy atom. The lowest BCUT2D eigenvalue weighted by Gasteiger charge is -2.15. The quantitative estimate of drug-likeness (QED) is 0.460. The fourth-order valence-corrected chi connectivity index (χ4v) is 3.18. The molecule has 0 saturated heterocycles. The second-order valence-corrected chi connectivity index (χ2v) is 6.66. The van der Waals surface area contributed by atoms with Crippen LogP contribution in [0.5, 0.6) is 5.75 Å². The maximum atomic E-state index is 12.8. The van der Waals surface area contributed by atoms with E-state index in [0.717, 1.165) is 5.56 Å². The minimum atomic E-state index is -0.625. The summed E-state index contributed by atoms with van der Waals surface area (Å²) in [6.07, 6.45) is 0. The number of nitrogens with one attached hydrogen (secondary N) is 2. The van der Waals surface area contributed by atoms with E-state index in [2.05, 4.69) is 10.6 Å². The van der Waals surface area contributed by atoms with E-state index in [1.54, 1.807) is 36.4 Å². The third-order valence-electron chi connectivity index (χ3n) is 4.70. The zero-order chi connectivity index (χ0) is 20.9. The van der Waals surface area contributed by atoms with Crippen LogP contribution in [0.1, 0.15) is 15.9 Å². The summed E-state index contributed by atoms with van der Waals surface area (Å²) in [6, 6.07) is 23.7. The van der Waals surface area contributed by atoms with Gasteiger partial charge in [-0.1, -0.05) is 48.5 Å². The summed E-state index contributed by atoms with van der Waals surface area (Å²) in [7, 11) is 1.53. The second kappa shape index (κ2) is 8.53. The van der Waals surface area contributed by atoms with Crippen molar-refractivity contribution in [2.24, 2.45) is 0 Å². The summed E-state index contributed by atoms with van der Waals surface area (Å²) in [6.45, 7) is 0.482. The first-order valence-corrected chi connectivity index (χ1v) is 9.45. The number of para-hydroxylation sites is 1. The first-order valence-electron chi connectivity index (χ1n) is 9.45. The van der Waals surface area contributed by atoms with Gasteiger partial charge in [0, 0.05) is 17.5 Å². The molecule has 1 amide bonds. The molecule has 0 fully saturated rings. The van der Waals surface area contributed by atoms with Crippen LogP contribution in [-0.4, -0.2) is 13.0 Å². The zero-order valence-corrected chi connectivity index (χ0v) is 16.3. The number of amides is 1. The summed E-state index contributed by atoms with van der Waals surface area (Å²) in [4.78, 5) is 25.5. The van der Waals surface area contributed by atoms with E-state index >= 15 is 0 Å². The number of methoxy groups -OCH3 is 1. The van der Waals surface area contributed by atoms with Crippen molar-refractivity contribution in [3.05, 3.63) is 100 Å². The molecular formula is C24H20N2O4. The van der Waals surface area contributed by atoms with Gasteiger partial charge in [0.05, 0.1) is 12.8 Å². The molecule has 1 heterocycles. The van der Waals surface area contributed by atoms with Gasteiger partial charge in [-0.05, 0) is 35.9 Å². The van der Waals surface area contributed by atoms with Crippen LogP contribution in [0.15, 0.2) is 88.1 Å². The smallest absolute Gasteiger partial charge is 0.362 e. The molecule has 2 N–H and O–H groups in total. The number of carbonyl (C=O) groups is 1. The van der Waals surface area contributed by atoms with Gasteiger partial charge in [-0.3, -0.25) is 4.79 Å². The highest BCUT2D eigenvalue weighted by Gasteiger charge is 2.18. The molecule has 0 radical (unpaired) electrons. The molecule has 30 heavy (non-hydrogen) atoms. The van der Waals surface area contributed by atoms with Gasteiger partial charge in [-0.2, -0.15) is 0 Å². The Bertz CT molecular complexity index is 1250. The Morgan fingerprint density at radius 2 is 1.70 bits per heavy atom. The van der Waals surface area contributed by atoms with E-state index in [-0.39, 0.29) is 5.69 Å². The van der Waals surface area contributed by atoms with E-state index in [1.165, 1.54) is 7.11 Å². The van der Waals surface area contributed by atoms with Crippen molar-refractivity contribution in [2.45, 2.75) is 6.54 Å². The number of benzene rings is 3. The van der Waals surface area contributed by atoms with Gasteiger partial charge in [-0.25, -0.2) is 4.79 Å². The fraction of sp³-hybridized carbons (Fsp3) is 0.0833. The molecule has 0 aliphatic heterocycles. The fourth-order valence-electron chi connectivity index (χ4n) is 3.18. The molecule has 0 atom stereocenters. The Balaban J connectivity index is 1.73. The van der Waals surface area contributed by atoms with Crippen molar-refractivity contribution in [2.75, 3.05) is 17.7 Å². The van der Waals surface area contributed by atoms with Crippen LogP contribution in [0.3, 0.4) is 0 Å². The molecule has 4 aromatic rings. The Morgan fingerprint density at radius 1 is 0.933 bits per heavy atom. The van der Waals surface area contributed by atoms with Crippen molar-refractivity contribution in [1.82, 2.24) is 0 Å². The van der Waals surface area contributed by atoms with Gasteiger partial charge in [-0.15, -0.1) is 0 Å². The second-order valence-electron chi connectivity index (χ2n) is 6.66. The number of carbonyl (C=O) groups excluding carboxylic acids is 1. The molecule has 0 bridgehead atoms. The van der Waals surface area contributed by atoms with Gasteiger partial charge in [0.15, 0.2) is 5.69 Å². The number of rotatable bonds is 6. The highest BCUT2D eigenvalue weighted by Crippen LogP contribution is 2.29. The summed E-state index contributed by atoms with van der Waals surface area (Å²) in [5, 5.41) is 6.71. The summed E-state index contributed by atoms with van der Waals surface area (Å²) in [5.74, 6) is 0.120. The van der Waals surface area contributed by atoms with Crippen molar-refractivity contribution in [1.29, 1.82) is 0 Å². The van der Waals surface area contributed by atoms with Gasteiger partial charge < -0.3 is 19.8 Å². The van der Waals surface area contributed by atoms with Crippen LogP contribution in [0.4, 0.5) is 11.4 Å². The van der Waals surface area contributed by atoms with Crippen molar-refractivity contribution < 1.29 is 13.9 Å². The topological polar surface area (TPSA) is 80.6 Å². The predicted octanol–water partition coefficient (Wildman–Crippen LogP) is 4.67. The molecule has 4 rings (SSSR count). The third kappa shape index (κ3) is 4.03. The van der Waals surface area contributed by atoms with Crippen LogP contribution < -0.4 is 21.0 Å². The summed E-state index contributed by atoms with van der Waals surface area (Å²) < 4.78 is 10.6. The normalized spacial score (nSPS) is 10.6. The number of fused-ring (bicyclic) bond motifs is 1. The van der Waals surface area contributed by atoms with Gasteiger partial charge in [0.2, 0.25) is 0 Å². The lowest BCUT2D eigenvalue weighted by Crippen LogP contribution is -2.20. The standard InChI is InChI=1S/C24H20N2O4/c1-29-18-11-7-10-17(14-18)23(27)26-22-21(25-15-16-8-3-2-4-9-16)19-12-5-6-13-20(19)30-24(22)28/h2-14,25H,15H2,1H3,(H,26,27). The van der Waals surface area contributed by atoms with Crippen molar-refractivity contribution >= 4 is 28.3 Å². The van der Waals surface area contributed by atoms with E-state index in [0.29, 0.717) is 34.5 Å². The molecule has 6 heteroatoms. The van der Waals surface area contributed by atoms with Crippen LogP contribution in [-0.2, 0) is 6.54 Å². The van der Waals surface area contributed by atoms with E-state index in [9.17, 15) is 9.59 Å². The molecular weight excluding hydrogens is 380 g/mol. The van der Waals surface area contributed by atoms with Crippen molar-refractivity contribution in [3.8, 4) is 5.75 Å². The predicted molar refractivity (Wildman–Crippen MR) is 117 cm³/mol. The highest BCUT2D eigenvalue weighted by molar-refractivity contribution is 6.08. The van der Waals surface area contributed by atoms with Crippen LogP contribution in [0, 0.1) is 0 Å². The van der Waals surface area contributed by atoms with Crippen molar-refractivity contribution in [3.63, 3.8) is 0 Å². The Kier molecular flexibility index (Phi) is 5.48. The highest BCUT2D eigenvalue weighted by atomic mass is 16.5. The maximum absolute atomic E-state index is 12.8. The maximum Gasteiger partial charge on any atom is 0.362 e. The average Bonchev–Trinajstić information content (AvgIpc) is 2.79. The average molecular weight is 400 g/mol. The van der Waals surface area contributed by atoms with Crippen LogP contribution in [0.25, 0.3) is 11.0 Å².